The van der Waals surface area contributed by atoms with E-state index in [1.807, 2.05) is 31.7 Å². The summed E-state index contributed by atoms with van der Waals surface area (Å²) in [7, 11) is 0. The molecule has 0 saturated carbocycles. The number of carbonyl (C=O) groups excluding carboxylic acids is 1. The van der Waals surface area contributed by atoms with Gasteiger partial charge in [0, 0.05) is 37.1 Å². The van der Waals surface area contributed by atoms with E-state index in [1.165, 1.54) is 0 Å². The molecule has 2 rings (SSSR count). The lowest BCUT2D eigenvalue weighted by Gasteiger charge is -2.38. The number of nitrogens with one attached hydrogen (secondary N) is 2. The molecule has 1 fully saturated rings. The maximum atomic E-state index is 12.1. The van der Waals surface area contributed by atoms with Crippen LogP contribution in [0.4, 0.5) is 4.79 Å². The summed E-state index contributed by atoms with van der Waals surface area (Å²) in [6.07, 6.45) is 3.43. The fraction of sp³-hybridized carbons (Fsp3) is 0.733. The van der Waals surface area contributed by atoms with Crippen molar-refractivity contribution in [2.75, 3.05) is 6.54 Å². The van der Waals surface area contributed by atoms with Gasteiger partial charge in [-0.2, -0.15) is 5.10 Å². The fourth-order valence-corrected chi connectivity index (χ4v) is 2.59. The van der Waals surface area contributed by atoms with Gasteiger partial charge in [0.25, 0.3) is 0 Å². The standard InChI is InChI=1S/C15H26N4O2/c1-11-9-12(16-10-13-5-7-17-18-13)6-8-19(11)14(20)21-15(2,3)4/h5,7,11-12,16H,6,8-10H2,1-4H3,(H,17,18). The van der Waals surface area contributed by atoms with Crippen LogP contribution in [0.25, 0.3) is 0 Å². The molecule has 118 valence electrons. The van der Waals surface area contributed by atoms with Gasteiger partial charge in [-0.25, -0.2) is 4.79 Å². The van der Waals surface area contributed by atoms with Crippen LogP contribution in [0, 0.1) is 0 Å². The first-order valence-corrected chi connectivity index (χ1v) is 7.56. The topological polar surface area (TPSA) is 70.2 Å². The van der Waals surface area contributed by atoms with E-state index in [0.29, 0.717) is 6.04 Å². The van der Waals surface area contributed by atoms with Crippen LogP contribution in [0.2, 0.25) is 0 Å². The van der Waals surface area contributed by atoms with E-state index in [2.05, 4.69) is 22.4 Å². The Balaban J connectivity index is 1.80. The number of likely N-dealkylation sites (tertiary alicyclic amines) is 1. The van der Waals surface area contributed by atoms with Gasteiger partial charge in [-0.15, -0.1) is 0 Å². The number of ether oxygens (including phenoxy) is 1. The molecule has 1 amide bonds. The largest absolute Gasteiger partial charge is 0.444 e. The average molecular weight is 294 g/mol. The zero-order valence-electron chi connectivity index (χ0n) is 13.3. The lowest BCUT2D eigenvalue weighted by atomic mass is 9.98. The highest BCUT2D eigenvalue weighted by Gasteiger charge is 2.31. The molecule has 0 spiro atoms. The van der Waals surface area contributed by atoms with E-state index in [9.17, 15) is 4.79 Å². The predicted molar refractivity (Wildman–Crippen MR) is 80.9 cm³/mol. The molecule has 6 nitrogen and oxygen atoms in total. The Hall–Kier alpha value is -1.56. The SMILES string of the molecule is CC1CC(NCc2ccn[nH]2)CCN1C(=O)OC(C)(C)C. The van der Waals surface area contributed by atoms with Gasteiger partial charge in [0.05, 0.1) is 0 Å². The quantitative estimate of drug-likeness (QED) is 0.897. The van der Waals surface area contributed by atoms with Crippen LogP contribution >= 0.6 is 0 Å². The molecule has 1 aliphatic heterocycles. The molecule has 1 aromatic rings. The number of rotatable bonds is 3. The third-order valence-corrected chi connectivity index (χ3v) is 3.64. The van der Waals surface area contributed by atoms with Gasteiger partial charge >= 0.3 is 6.09 Å². The fourth-order valence-electron chi connectivity index (χ4n) is 2.59. The molecule has 2 unspecified atom stereocenters. The van der Waals surface area contributed by atoms with Crippen molar-refractivity contribution < 1.29 is 9.53 Å². The summed E-state index contributed by atoms with van der Waals surface area (Å²) in [6, 6.07) is 2.57. The molecule has 21 heavy (non-hydrogen) atoms. The summed E-state index contributed by atoms with van der Waals surface area (Å²) in [5, 5.41) is 10.4. The molecule has 0 radical (unpaired) electrons. The minimum absolute atomic E-state index is 0.188. The number of hydrogen-bond acceptors (Lipinski definition) is 4. The maximum absolute atomic E-state index is 12.1. The summed E-state index contributed by atoms with van der Waals surface area (Å²) in [6.45, 7) is 9.28. The smallest absolute Gasteiger partial charge is 0.410 e. The number of hydrogen-bond donors (Lipinski definition) is 2. The molecule has 2 N–H and O–H groups in total. The second-order valence-corrected chi connectivity index (χ2v) is 6.71. The minimum atomic E-state index is -0.438. The zero-order valence-corrected chi connectivity index (χ0v) is 13.3. The molecular formula is C15H26N4O2. The van der Waals surface area contributed by atoms with Crippen molar-refractivity contribution >= 4 is 6.09 Å². The van der Waals surface area contributed by atoms with Crippen LogP contribution in [0.5, 0.6) is 0 Å². The van der Waals surface area contributed by atoms with Crippen LogP contribution in [-0.4, -0.2) is 45.4 Å². The van der Waals surface area contributed by atoms with Crippen LogP contribution in [0.15, 0.2) is 12.3 Å². The van der Waals surface area contributed by atoms with Gasteiger partial charge in [0.2, 0.25) is 0 Å². The van der Waals surface area contributed by atoms with E-state index in [4.69, 9.17) is 4.74 Å². The molecule has 1 aliphatic rings. The minimum Gasteiger partial charge on any atom is -0.444 e. The highest BCUT2D eigenvalue weighted by atomic mass is 16.6. The second kappa shape index (κ2) is 6.47. The number of amides is 1. The number of carbonyl (C=O) groups is 1. The van der Waals surface area contributed by atoms with Crippen LogP contribution in [0.3, 0.4) is 0 Å². The highest BCUT2D eigenvalue weighted by molar-refractivity contribution is 5.68. The summed E-state index contributed by atoms with van der Waals surface area (Å²) in [5.74, 6) is 0. The first-order chi connectivity index (χ1) is 9.85. The molecular weight excluding hydrogens is 268 g/mol. The van der Waals surface area contributed by atoms with Gasteiger partial charge in [0.15, 0.2) is 0 Å². The zero-order chi connectivity index (χ0) is 15.5. The molecule has 2 atom stereocenters. The predicted octanol–water partition coefficient (Wildman–Crippen LogP) is 2.29. The number of H-pyrrole nitrogens is 1. The average Bonchev–Trinajstić information content (AvgIpc) is 2.87. The molecule has 6 heteroatoms. The summed E-state index contributed by atoms with van der Waals surface area (Å²) in [5.41, 5.74) is 0.643. The van der Waals surface area contributed by atoms with Crippen molar-refractivity contribution in [1.82, 2.24) is 20.4 Å². The van der Waals surface area contributed by atoms with Gasteiger partial charge in [-0.1, -0.05) is 0 Å². The molecule has 1 aromatic heterocycles. The summed E-state index contributed by atoms with van der Waals surface area (Å²) < 4.78 is 5.46. The van der Waals surface area contributed by atoms with Crippen molar-refractivity contribution in [3.8, 4) is 0 Å². The molecule has 0 bridgehead atoms. The second-order valence-electron chi connectivity index (χ2n) is 6.71. The van der Waals surface area contributed by atoms with E-state index in [0.717, 1.165) is 31.6 Å². The van der Waals surface area contributed by atoms with Crippen molar-refractivity contribution in [2.45, 2.75) is 64.8 Å². The van der Waals surface area contributed by atoms with Crippen LogP contribution < -0.4 is 5.32 Å². The lowest BCUT2D eigenvalue weighted by molar-refractivity contribution is 0.00931. The Kier molecular flexibility index (Phi) is 4.88. The van der Waals surface area contributed by atoms with Crippen molar-refractivity contribution in [2.24, 2.45) is 0 Å². The summed E-state index contributed by atoms with van der Waals surface area (Å²) in [4.78, 5) is 14.0. The number of nitrogens with zero attached hydrogens (tertiary/aromatic N) is 2. The summed E-state index contributed by atoms with van der Waals surface area (Å²) >= 11 is 0. The number of aromatic amines is 1. The Bertz CT molecular complexity index is 453. The van der Waals surface area contributed by atoms with Crippen molar-refractivity contribution in [3.63, 3.8) is 0 Å². The van der Waals surface area contributed by atoms with Crippen molar-refractivity contribution in [3.05, 3.63) is 18.0 Å². The van der Waals surface area contributed by atoms with Crippen LogP contribution in [-0.2, 0) is 11.3 Å². The third kappa shape index (κ3) is 4.74. The normalized spacial score (nSPS) is 23.1. The Labute approximate surface area is 126 Å². The molecule has 0 aromatic carbocycles. The first-order valence-electron chi connectivity index (χ1n) is 7.56. The molecule has 0 aliphatic carbocycles. The van der Waals surface area contributed by atoms with E-state index in [1.54, 1.807) is 6.20 Å². The Morgan fingerprint density at radius 1 is 1.57 bits per heavy atom. The van der Waals surface area contributed by atoms with E-state index in [-0.39, 0.29) is 12.1 Å². The van der Waals surface area contributed by atoms with Gasteiger partial charge < -0.3 is 15.0 Å². The van der Waals surface area contributed by atoms with Gasteiger partial charge in [-0.3, -0.25) is 5.10 Å². The van der Waals surface area contributed by atoms with E-state index < -0.39 is 5.60 Å². The Morgan fingerprint density at radius 2 is 2.33 bits per heavy atom. The first kappa shape index (κ1) is 15.8. The lowest BCUT2D eigenvalue weighted by Crippen LogP contribution is -2.50. The number of piperidine rings is 1. The Morgan fingerprint density at radius 3 is 2.90 bits per heavy atom. The van der Waals surface area contributed by atoms with Crippen LogP contribution in [0.1, 0.15) is 46.2 Å². The van der Waals surface area contributed by atoms with Gasteiger partial charge in [0.1, 0.15) is 5.60 Å². The molecule has 1 saturated heterocycles. The van der Waals surface area contributed by atoms with Gasteiger partial charge in [-0.05, 0) is 46.6 Å². The highest BCUT2D eigenvalue weighted by Crippen LogP contribution is 2.20. The molecule has 2 heterocycles. The maximum Gasteiger partial charge on any atom is 0.410 e. The third-order valence-electron chi connectivity index (χ3n) is 3.64. The monoisotopic (exact) mass is 294 g/mol. The van der Waals surface area contributed by atoms with E-state index >= 15 is 0 Å². The number of aromatic nitrogens is 2. The van der Waals surface area contributed by atoms with Crippen molar-refractivity contribution in [1.29, 1.82) is 0 Å².